The number of amides is 1. The number of para-hydroxylation sites is 1. The molecule has 0 bridgehead atoms. The van der Waals surface area contributed by atoms with Crippen molar-refractivity contribution in [1.29, 1.82) is 0 Å². The van der Waals surface area contributed by atoms with E-state index in [-0.39, 0.29) is 5.91 Å². The van der Waals surface area contributed by atoms with Crippen molar-refractivity contribution in [2.24, 2.45) is 5.92 Å². The van der Waals surface area contributed by atoms with Gasteiger partial charge in [0.15, 0.2) is 0 Å². The Bertz CT molecular complexity index is 1260. The molecule has 0 radical (unpaired) electrons. The van der Waals surface area contributed by atoms with Crippen LogP contribution in [-0.4, -0.2) is 40.3 Å². The lowest BCUT2D eigenvalue weighted by atomic mass is 10.1. The van der Waals surface area contributed by atoms with Crippen LogP contribution in [0.3, 0.4) is 0 Å². The second kappa shape index (κ2) is 8.07. The van der Waals surface area contributed by atoms with Gasteiger partial charge in [-0.25, -0.2) is 4.98 Å². The number of thiophene rings is 1. The first-order valence-corrected chi connectivity index (χ1v) is 12.3. The number of aromatic nitrogens is 1. The lowest BCUT2D eigenvalue weighted by Crippen LogP contribution is -2.30. The zero-order valence-electron chi connectivity index (χ0n) is 17.3. The SMILES string of the molecule is O=C(c1cccs1)N1CC2=CN(Cc3ccc(Oc4nc5ccccc5s4)cc3)CC2C1. The molecular weight excluding hydrogens is 438 g/mol. The molecule has 4 heterocycles. The summed E-state index contributed by atoms with van der Waals surface area (Å²) in [6.45, 7) is 3.38. The third-order valence-corrected chi connectivity index (χ3v) is 7.72. The van der Waals surface area contributed by atoms with Crippen LogP contribution in [0.25, 0.3) is 10.2 Å². The van der Waals surface area contributed by atoms with Gasteiger partial charge >= 0.3 is 0 Å². The fraction of sp³-hybridized carbons (Fsp3) is 0.200. The van der Waals surface area contributed by atoms with Gasteiger partial charge in [0.1, 0.15) is 5.75 Å². The first-order valence-electron chi connectivity index (χ1n) is 10.6. The molecule has 2 aliphatic heterocycles. The highest BCUT2D eigenvalue weighted by molar-refractivity contribution is 7.20. The minimum absolute atomic E-state index is 0.158. The number of fused-ring (bicyclic) bond motifs is 2. The van der Waals surface area contributed by atoms with Crippen molar-refractivity contribution in [2.45, 2.75) is 6.54 Å². The number of hydrogen-bond acceptors (Lipinski definition) is 6. The molecule has 0 saturated carbocycles. The molecule has 2 aromatic heterocycles. The van der Waals surface area contributed by atoms with E-state index in [2.05, 4.69) is 34.3 Å². The Kier molecular flexibility index (Phi) is 4.92. The molecule has 0 aliphatic carbocycles. The predicted molar refractivity (Wildman–Crippen MR) is 128 cm³/mol. The van der Waals surface area contributed by atoms with Crippen LogP contribution >= 0.6 is 22.7 Å². The summed E-state index contributed by atoms with van der Waals surface area (Å²) in [4.78, 5) is 22.3. The maximum atomic E-state index is 12.6. The second-order valence-electron chi connectivity index (χ2n) is 8.19. The number of ether oxygens (including phenoxy) is 1. The molecular formula is C25H21N3O2S2. The van der Waals surface area contributed by atoms with Gasteiger partial charge < -0.3 is 14.5 Å². The summed E-state index contributed by atoms with van der Waals surface area (Å²) < 4.78 is 7.09. The average molecular weight is 460 g/mol. The molecule has 7 heteroatoms. The maximum Gasteiger partial charge on any atom is 0.279 e. The highest BCUT2D eigenvalue weighted by Gasteiger charge is 2.35. The fourth-order valence-electron chi connectivity index (χ4n) is 4.40. The van der Waals surface area contributed by atoms with Crippen LogP contribution < -0.4 is 4.74 Å². The Balaban J connectivity index is 1.07. The number of benzene rings is 2. The molecule has 1 unspecified atom stereocenters. The van der Waals surface area contributed by atoms with Crippen LogP contribution in [0.5, 0.6) is 10.9 Å². The summed E-state index contributed by atoms with van der Waals surface area (Å²) >= 11 is 3.07. The van der Waals surface area contributed by atoms with Gasteiger partial charge in [0, 0.05) is 38.3 Å². The molecule has 1 fully saturated rings. The molecule has 0 N–H and O–H groups in total. The van der Waals surface area contributed by atoms with Crippen molar-refractivity contribution in [3.63, 3.8) is 0 Å². The number of rotatable bonds is 5. The zero-order chi connectivity index (χ0) is 21.5. The quantitative estimate of drug-likeness (QED) is 0.388. The van der Waals surface area contributed by atoms with Crippen molar-refractivity contribution in [2.75, 3.05) is 19.6 Å². The van der Waals surface area contributed by atoms with E-state index in [4.69, 9.17) is 4.74 Å². The summed E-state index contributed by atoms with van der Waals surface area (Å²) in [7, 11) is 0. The number of carbonyl (C=O) groups is 1. The Morgan fingerprint density at radius 1 is 1.06 bits per heavy atom. The molecule has 1 saturated heterocycles. The van der Waals surface area contributed by atoms with E-state index in [1.165, 1.54) is 22.5 Å². The van der Waals surface area contributed by atoms with Gasteiger partial charge in [-0.2, -0.15) is 0 Å². The Hall–Kier alpha value is -3.16. The van der Waals surface area contributed by atoms with Crippen LogP contribution in [-0.2, 0) is 6.54 Å². The van der Waals surface area contributed by atoms with E-state index in [1.807, 2.05) is 52.7 Å². The summed E-state index contributed by atoms with van der Waals surface area (Å²) in [5, 5.41) is 2.62. The fourth-order valence-corrected chi connectivity index (χ4v) is 5.93. The van der Waals surface area contributed by atoms with E-state index in [1.54, 1.807) is 11.3 Å². The van der Waals surface area contributed by atoms with Crippen molar-refractivity contribution >= 4 is 38.8 Å². The first-order chi connectivity index (χ1) is 15.7. The Morgan fingerprint density at radius 2 is 1.94 bits per heavy atom. The number of thiazole rings is 1. The molecule has 4 aromatic rings. The van der Waals surface area contributed by atoms with Crippen LogP contribution in [0.4, 0.5) is 0 Å². The van der Waals surface area contributed by atoms with Crippen LogP contribution in [0, 0.1) is 5.92 Å². The summed E-state index contributed by atoms with van der Waals surface area (Å²) in [5.74, 6) is 1.40. The second-order valence-corrected chi connectivity index (χ2v) is 10.1. The molecule has 1 atom stereocenters. The Labute approximate surface area is 194 Å². The molecule has 32 heavy (non-hydrogen) atoms. The summed E-state index contributed by atoms with van der Waals surface area (Å²) in [5.41, 5.74) is 3.57. The molecule has 2 aliphatic rings. The zero-order valence-corrected chi connectivity index (χ0v) is 18.9. The molecule has 160 valence electrons. The van der Waals surface area contributed by atoms with Crippen LogP contribution in [0.1, 0.15) is 15.2 Å². The van der Waals surface area contributed by atoms with Crippen molar-refractivity contribution in [1.82, 2.24) is 14.8 Å². The highest BCUT2D eigenvalue weighted by atomic mass is 32.1. The number of hydrogen-bond donors (Lipinski definition) is 0. The molecule has 0 spiro atoms. The lowest BCUT2D eigenvalue weighted by molar-refractivity contribution is 0.0789. The topological polar surface area (TPSA) is 45.7 Å². The Morgan fingerprint density at radius 3 is 2.72 bits per heavy atom. The first kappa shape index (κ1) is 19.5. The van der Waals surface area contributed by atoms with Gasteiger partial charge in [-0.3, -0.25) is 4.79 Å². The maximum absolute atomic E-state index is 12.6. The van der Waals surface area contributed by atoms with Crippen LogP contribution in [0.15, 0.2) is 77.8 Å². The minimum atomic E-state index is 0.158. The van der Waals surface area contributed by atoms with E-state index in [0.29, 0.717) is 11.1 Å². The van der Waals surface area contributed by atoms with Crippen molar-refractivity contribution < 1.29 is 9.53 Å². The standard InChI is InChI=1S/C25H21N3O2S2/c29-24(23-6-3-11-31-23)28-15-18-13-27(14-19(18)16-28)12-17-7-9-20(10-8-17)30-25-26-21-4-1-2-5-22(21)32-25/h1-11,13,19H,12,14-16H2. The summed E-state index contributed by atoms with van der Waals surface area (Å²) in [6, 6.07) is 20.1. The molecule has 1 amide bonds. The van der Waals surface area contributed by atoms with Crippen molar-refractivity contribution in [3.8, 4) is 10.9 Å². The van der Waals surface area contributed by atoms with E-state index >= 15 is 0 Å². The van der Waals surface area contributed by atoms with Gasteiger partial charge in [-0.05, 0) is 46.8 Å². The third kappa shape index (κ3) is 3.78. The summed E-state index contributed by atoms with van der Waals surface area (Å²) in [6.07, 6.45) is 2.25. The minimum Gasteiger partial charge on any atom is -0.431 e. The molecule has 2 aromatic carbocycles. The van der Waals surface area contributed by atoms with E-state index < -0.39 is 0 Å². The average Bonchev–Trinajstić information content (AvgIpc) is 3.58. The molecule has 5 nitrogen and oxygen atoms in total. The lowest BCUT2D eigenvalue weighted by Gasteiger charge is -2.20. The van der Waals surface area contributed by atoms with Gasteiger partial charge in [-0.15, -0.1) is 11.3 Å². The van der Waals surface area contributed by atoms with Crippen LogP contribution in [0.2, 0.25) is 0 Å². The number of carbonyl (C=O) groups excluding carboxylic acids is 1. The number of likely N-dealkylation sites (tertiary alicyclic amines) is 1. The highest BCUT2D eigenvalue weighted by Crippen LogP contribution is 2.33. The van der Waals surface area contributed by atoms with Gasteiger partial charge in [-0.1, -0.05) is 41.7 Å². The third-order valence-electron chi connectivity index (χ3n) is 5.95. The van der Waals surface area contributed by atoms with Gasteiger partial charge in [0.2, 0.25) is 0 Å². The van der Waals surface area contributed by atoms with Gasteiger partial charge in [0.05, 0.1) is 15.1 Å². The van der Waals surface area contributed by atoms with E-state index in [0.717, 1.165) is 47.0 Å². The largest absolute Gasteiger partial charge is 0.431 e. The molecule has 6 rings (SSSR count). The predicted octanol–water partition coefficient (Wildman–Crippen LogP) is 5.62. The van der Waals surface area contributed by atoms with Crippen molar-refractivity contribution in [3.05, 3.63) is 88.3 Å². The van der Waals surface area contributed by atoms with Gasteiger partial charge in [0.25, 0.3) is 11.1 Å². The number of nitrogens with zero attached hydrogens (tertiary/aromatic N) is 3. The van der Waals surface area contributed by atoms with E-state index in [9.17, 15) is 4.79 Å². The monoisotopic (exact) mass is 459 g/mol. The smallest absolute Gasteiger partial charge is 0.279 e. The normalized spacial score (nSPS) is 17.6.